The van der Waals surface area contributed by atoms with Gasteiger partial charge in [-0.2, -0.15) is 0 Å². The molecule has 0 saturated carbocycles. The van der Waals surface area contributed by atoms with Gasteiger partial charge in [0.2, 0.25) is 0 Å². The van der Waals surface area contributed by atoms with E-state index in [4.69, 9.17) is 5.11 Å². The van der Waals surface area contributed by atoms with Gasteiger partial charge in [0, 0.05) is 13.1 Å². The van der Waals surface area contributed by atoms with Crippen LogP contribution in [0, 0.1) is 0 Å². The van der Waals surface area contributed by atoms with E-state index >= 15 is 0 Å². The number of rotatable bonds is 5. The van der Waals surface area contributed by atoms with E-state index in [9.17, 15) is 0 Å². The molecule has 2 aromatic rings. The Labute approximate surface area is 134 Å². The predicted octanol–water partition coefficient (Wildman–Crippen LogP) is 2.33. The molecule has 4 nitrogen and oxygen atoms in total. The minimum absolute atomic E-state index is 0. The smallest absolute Gasteiger partial charge is 0.0934 e. The molecule has 2 aromatic carbocycles. The average Bonchev–Trinajstić information content (AvgIpc) is 2.58. The third-order valence-electron chi connectivity index (χ3n) is 2.51. The van der Waals surface area contributed by atoms with Gasteiger partial charge in [-0.25, -0.2) is 0 Å². The maximum Gasteiger partial charge on any atom is 0.0934 e. The minimum Gasteiger partial charge on any atom is -0.412 e. The van der Waals surface area contributed by atoms with E-state index in [1.807, 2.05) is 69.4 Å². The lowest BCUT2D eigenvalue weighted by Gasteiger charge is -1.98. The SMILES string of the molecule is CC.CNCc1ccccc1.O.OCNCc1ccccc1. The predicted molar refractivity (Wildman–Crippen MR) is 94.5 cm³/mol. The van der Waals surface area contributed by atoms with Crippen LogP contribution in [0.15, 0.2) is 60.7 Å². The van der Waals surface area contributed by atoms with Crippen LogP contribution in [0.3, 0.4) is 0 Å². The van der Waals surface area contributed by atoms with Crippen LogP contribution in [-0.2, 0) is 13.1 Å². The Balaban J connectivity index is 0. The first kappa shape index (κ1) is 22.6. The molecule has 0 heterocycles. The largest absolute Gasteiger partial charge is 0.412 e. The van der Waals surface area contributed by atoms with Crippen LogP contribution < -0.4 is 10.6 Å². The third-order valence-corrected chi connectivity index (χ3v) is 2.51. The van der Waals surface area contributed by atoms with Gasteiger partial charge in [0.15, 0.2) is 0 Å². The van der Waals surface area contributed by atoms with Crippen molar-refractivity contribution in [3.8, 4) is 0 Å². The van der Waals surface area contributed by atoms with Gasteiger partial charge in [0.05, 0.1) is 6.73 Å². The Bertz CT molecular complexity index is 422. The van der Waals surface area contributed by atoms with E-state index in [-0.39, 0.29) is 12.2 Å². The summed E-state index contributed by atoms with van der Waals surface area (Å²) < 4.78 is 0. The molecule has 22 heavy (non-hydrogen) atoms. The van der Waals surface area contributed by atoms with Crippen molar-refractivity contribution < 1.29 is 10.6 Å². The molecule has 4 heteroatoms. The van der Waals surface area contributed by atoms with Gasteiger partial charge < -0.3 is 15.9 Å². The molecule has 2 rings (SSSR count). The standard InChI is InChI=1S/C8H11NO.C8H11N.C2H6.H2O/c10-7-9-6-8-4-2-1-3-5-8;1-9-7-8-5-3-2-4-6-8;1-2;/h1-5,9-10H,6-7H2;2-6,9H,7H2,1H3;1-2H3;1H2. The summed E-state index contributed by atoms with van der Waals surface area (Å²) in [5, 5.41) is 14.3. The number of benzene rings is 2. The Morgan fingerprint density at radius 1 is 0.773 bits per heavy atom. The quantitative estimate of drug-likeness (QED) is 0.742. The lowest BCUT2D eigenvalue weighted by atomic mass is 10.2. The van der Waals surface area contributed by atoms with Gasteiger partial charge in [-0.3, -0.25) is 5.32 Å². The van der Waals surface area contributed by atoms with Crippen molar-refractivity contribution in [2.75, 3.05) is 13.8 Å². The van der Waals surface area contributed by atoms with Crippen LogP contribution in [-0.4, -0.2) is 24.4 Å². The zero-order valence-corrected chi connectivity index (χ0v) is 13.8. The Morgan fingerprint density at radius 2 is 1.18 bits per heavy atom. The molecule has 0 bridgehead atoms. The second kappa shape index (κ2) is 17.3. The minimum atomic E-state index is 0. The van der Waals surface area contributed by atoms with Crippen molar-refractivity contribution in [2.45, 2.75) is 26.9 Å². The van der Waals surface area contributed by atoms with Gasteiger partial charge in [0.1, 0.15) is 0 Å². The van der Waals surface area contributed by atoms with Crippen molar-refractivity contribution in [2.24, 2.45) is 0 Å². The van der Waals surface area contributed by atoms with Crippen LogP contribution in [0.2, 0.25) is 0 Å². The van der Waals surface area contributed by atoms with E-state index in [2.05, 4.69) is 22.8 Å². The molecule has 0 aliphatic rings. The summed E-state index contributed by atoms with van der Waals surface area (Å²) in [6, 6.07) is 20.3. The number of hydrogen-bond donors (Lipinski definition) is 3. The summed E-state index contributed by atoms with van der Waals surface area (Å²) in [5.74, 6) is 0. The maximum absolute atomic E-state index is 8.42. The van der Waals surface area contributed by atoms with E-state index < -0.39 is 0 Å². The average molecular weight is 306 g/mol. The van der Waals surface area contributed by atoms with E-state index in [0.29, 0.717) is 0 Å². The van der Waals surface area contributed by atoms with Crippen LogP contribution in [0.4, 0.5) is 0 Å². The van der Waals surface area contributed by atoms with Gasteiger partial charge >= 0.3 is 0 Å². The molecule has 0 fully saturated rings. The Kier molecular flexibility index (Phi) is 17.8. The Morgan fingerprint density at radius 3 is 1.55 bits per heavy atom. The first-order chi connectivity index (χ1) is 10.4. The lowest BCUT2D eigenvalue weighted by molar-refractivity contribution is 0.259. The second-order valence-corrected chi connectivity index (χ2v) is 4.09. The van der Waals surface area contributed by atoms with Crippen molar-refractivity contribution in [3.63, 3.8) is 0 Å². The number of nitrogens with one attached hydrogen (secondary N) is 2. The lowest BCUT2D eigenvalue weighted by Crippen LogP contribution is -2.13. The monoisotopic (exact) mass is 306 g/mol. The molecule has 0 saturated heterocycles. The van der Waals surface area contributed by atoms with E-state index in [1.165, 1.54) is 11.1 Å². The molecule has 124 valence electrons. The summed E-state index contributed by atoms with van der Waals surface area (Å²) in [7, 11) is 1.95. The van der Waals surface area contributed by atoms with Crippen LogP contribution in [0.25, 0.3) is 0 Å². The van der Waals surface area contributed by atoms with E-state index in [0.717, 1.165) is 13.1 Å². The fraction of sp³-hybridized carbons (Fsp3) is 0.333. The highest BCUT2D eigenvalue weighted by Gasteiger charge is 1.86. The maximum atomic E-state index is 8.42. The van der Waals surface area contributed by atoms with Crippen molar-refractivity contribution >= 4 is 0 Å². The van der Waals surface area contributed by atoms with Gasteiger partial charge in [-0.05, 0) is 18.2 Å². The van der Waals surface area contributed by atoms with Crippen LogP contribution in [0.1, 0.15) is 25.0 Å². The number of hydrogen-bond acceptors (Lipinski definition) is 3. The summed E-state index contributed by atoms with van der Waals surface area (Å²) >= 11 is 0. The van der Waals surface area contributed by atoms with E-state index in [1.54, 1.807) is 0 Å². The van der Waals surface area contributed by atoms with Gasteiger partial charge in [0.25, 0.3) is 0 Å². The summed E-state index contributed by atoms with van der Waals surface area (Å²) in [6.07, 6.45) is 0. The molecule has 0 unspecified atom stereocenters. The molecule has 0 aliphatic carbocycles. The first-order valence-corrected chi connectivity index (χ1v) is 7.41. The van der Waals surface area contributed by atoms with Crippen molar-refractivity contribution in [1.29, 1.82) is 0 Å². The molecule has 5 N–H and O–H groups in total. The highest BCUT2D eigenvalue weighted by Crippen LogP contribution is 1.96. The molecule has 0 spiro atoms. The topological polar surface area (TPSA) is 75.8 Å². The number of aliphatic hydroxyl groups is 1. The van der Waals surface area contributed by atoms with Gasteiger partial charge in [-0.15, -0.1) is 0 Å². The molecular formula is C18H30N2O2. The third kappa shape index (κ3) is 12.1. The second-order valence-electron chi connectivity index (χ2n) is 4.09. The zero-order valence-electron chi connectivity index (χ0n) is 13.8. The molecule has 0 aliphatic heterocycles. The fourth-order valence-electron chi connectivity index (χ4n) is 1.60. The normalized spacial score (nSPS) is 8.55. The first-order valence-electron chi connectivity index (χ1n) is 7.41. The molecule has 0 aromatic heterocycles. The number of aliphatic hydroxyl groups excluding tert-OH is 1. The summed E-state index contributed by atoms with van der Waals surface area (Å²) in [4.78, 5) is 0. The summed E-state index contributed by atoms with van der Waals surface area (Å²) in [6.45, 7) is 5.73. The molecule has 0 atom stereocenters. The highest BCUT2D eigenvalue weighted by atomic mass is 16.3. The molecule has 0 amide bonds. The summed E-state index contributed by atoms with van der Waals surface area (Å²) in [5.41, 5.74) is 2.52. The van der Waals surface area contributed by atoms with Crippen molar-refractivity contribution in [1.82, 2.24) is 10.6 Å². The highest BCUT2D eigenvalue weighted by molar-refractivity contribution is 5.14. The van der Waals surface area contributed by atoms with Crippen LogP contribution >= 0.6 is 0 Å². The fourth-order valence-corrected chi connectivity index (χ4v) is 1.60. The van der Waals surface area contributed by atoms with Crippen LogP contribution in [0.5, 0.6) is 0 Å². The Hall–Kier alpha value is -1.72. The zero-order chi connectivity index (χ0) is 15.8. The molecule has 0 radical (unpaired) electrons. The van der Waals surface area contributed by atoms with Crippen molar-refractivity contribution in [3.05, 3.63) is 71.8 Å². The van der Waals surface area contributed by atoms with Gasteiger partial charge in [-0.1, -0.05) is 74.5 Å². The molecular weight excluding hydrogens is 276 g/mol.